The average molecular weight is 357 g/mol. The van der Waals surface area contributed by atoms with Crippen molar-refractivity contribution in [3.8, 4) is 0 Å². The fraction of sp³-hybridized carbons (Fsp3) is 0.818. The molecule has 3 aliphatic rings. The maximum Gasteiger partial charge on any atom is 0.233 e. The highest BCUT2D eigenvalue weighted by Gasteiger charge is 2.59. The number of nitrogens with zero attached hydrogens (tertiary/aromatic N) is 2. The van der Waals surface area contributed by atoms with Crippen molar-refractivity contribution in [2.45, 2.75) is 77.3 Å². The maximum absolute atomic E-state index is 7.84. The van der Waals surface area contributed by atoms with Crippen LogP contribution >= 0.6 is 12.2 Å². The van der Waals surface area contributed by atoms with Crippen molar-refractivity contribution in [3.63, 3.8) is 0 Å². The van der Waals surface area contributed by atoms with Crippen molar-refractivity contribution in [1.82, 2.24) is 0 Å². The van der Waals surface area contributed by atoms with Crippen molar-refractivity contribution >= 4 is 17.4 Å². The molecule has 3 saturated carbocycles. The summed E-state index contributed by atoms with van der Waals surface area (Å²) in [6.07, 6.45) is 6.89. The molecule has 136 valence electrons. The Balaban J connectivity index is 1.96. The summed E-state index contributed by atoms with van der Waals surface area (Å²) >= 11 is 4.87. The lowest BCUT2D eigenvalue weighted by atomic mass is 9.46. The molecule has 3 heteroatoms. The summed E-state index contributed by atoms with van der Waals surface area (Å²) in [5, 5.41) is 2.60. The fourth-order valence-electron chi connectivity index (χ4n) is 6.62. The van der Waals surface area contributed by atoms with Crippen LogP contribution in [0.1, 0.15) is 66.2 Å². The second-order valence-electron chi connectivity index (χ2n) is 9.77. The molecule has 0 aliphatic heterocycles. The summed E-state index contributed by atoms with van der Waals surface area (Å²) in [5.74, 6) is 3.89. The SMILES string of the molecule is [C-]#[N+][C@@]1(C)CC[C@H]2[C@H]3[C@@H](C(=C)CC[C@@H]31)[C@H](CC(C)(C)N=C=S)C[C@@H]2C. The molecule has 7 atom stereocenters. The van der Waals surface area contributed by atoms with E-state index in [-0.39, 0.29) is 11.1 Å². The number of hydrogen-bond acceptors (Lipinski definition) is 2. The molecular weight excluding hydrogens is 324 g/mol. The first-order valence-corrected chi connectivity index (χ1v) is 10.3. The highest BCUT2D eigenvalue weighted by atomic mass is 32.1. The van der Waals surface area contributed by atoms with Crippen molar-refractivity contribution in [2.75, 3.05) is 0 Å². The third-order valence-electron chi connectivity index (χ3n) is 7.68. The predicted molar refractivity (Wildman–Crippen MR) is 108 cm³/mol. The van der Waals surface area contributed by atoms with E-state index in [0.29, 0.717) is 23.7 Å². The van der Waals surface area contributed by atoms with Gasteiger partial charge in [-0.15, -0.1) is 0 Å². The van der Waals surface area contributed by atoms with E-state index in [1.54, 1.807) is 0 Å². The van der Waals surface area contributed by atoms with E-state index in [1.807, 2.05) is 0 Å². The molecule has 3 aliphatic carbocycles. The molecule has 25 heavy (non-hydrogen) atoms. The monoisotopic (exact) mass is 356 g/mol. The van der Waals surface area contributed by atoms with Crippen LogP contribution in [0.15, 0.2) is 17.1 Å². The van der Waals surface area contributed by atoms with Gasteiger partial charge in [-0.3, -0.25) is 0 Å². The van der Waals surface area contributed by atoms with Crippen LogP contribution in [0.25, 0.3) is 4.85 Å². The summed E-state index contributed by atoms with van der Waals surface area (Å²) in [4.78, 5) is 8.59. The minimum absolute atomic E-state index is 0.149. The van der Waals surface area contributed by atoms with Crippen LogP contribution in [0.3, 0.4) is 0 Å². The predicted octanol–water partition coefficient (Wildman–Crippen LogP) is 6.20. The first kappa shape index (κ1) is 18.8. The molecule has 2 nitrogen and oxygen atoms in total. The fourth-order valence-corrected chi connectivity index (χ4v) is 6.87. The molecule has 0 heterocycles. The Morgan fingerprint density at radius 2 is 2.16 bits per heavy atom. The molecular formula is C22H32N2S. The van der Waals surface area contributed by atoms with E-state index in [9.17, 15) is 0 Å². The summed E-state index contributed by atoms with van der Waals surface area (Å²) in [6.45, 7) is 21.4. The van der Waals surface area contributed by atoms with E-state index in [0.717, 1.165) is 37.5 Å². The summed E-state index contributed by atoms with van der Waals surface area (Å²) in [5.41, 5.74) is 1.13. The number of hydrogen-bond donors (Lipinski definition) is 0. The highest BCUT2D eigenvalue weighted by molar-refractivity contribution is 7.78. The first-order valence-electron chi connectivity index (χ1n) is 9.88. The third-order valence-corrected chi connectivity index (χ3v) is 7.77. The summed E-state index contributed by atoms with van der Waals surface area (Å²) in [7, 11) is 0. The maximum atomic E-state index is 7.84. The largest absolute Gasteiger partial charge is 0.310 e. The molecule has 0 spiro atoms. The molecule has 0 bridgehead atoms. The van der Waals surface area contributed by atoms with E-state index >= 15 is 0 Å². The van der Waals surface area contributed by atoms with Crippen molar-refractivity contribution in [2.24, 2.45) is 40.5 Å². The van der Waals surface area contributed by atoms with Gasteiger partial charge in [0.1, 0.15) is 0 Å². The Morgan fingerprint density at radius 1 is 1.44 bits per heavy atom. The minimum atomic E-state index is -0.163. The van der Waals surface area contributed by atoms with Crippen LogP contribution in [-0.4, -0.2) is 16.2 Å². The minimum Gasteiger partial charge on any atom is -0.310 e. The zero-order valence-electron chi connectivity index (χ0n) is 16.2. The van der Waals surface area contributed by atoms with Gasteiger partial charge in [0, 0.05) is 19.3 Å². The lowest BCUT2D eigenvalue weighted by Gasteiger charge is -2.57. The molecule has 0 aromatic carbocycles. The Labute approximate surface area is 159 Å². The number of rotatable bonds is 3. The Morgan fingerprint density at radius 3 is 2.80 bits per heavy atom. The molecule has 0 aromatic heterocycles. The van der Waals surface area contributed by atoms with Gasteiger partial charge in [0.2, 0.25) is 5.54 Å². The van der Waals surface area contributed by atoms with E-state index < -0.39 is 0 Å². The number of allylic oxidation sites excluding steroid dienone is 1. The van der Waals surface area contributed by atoms with Crippen LogP contribution in [0, 0.1) is 42.1 Å². The quantitative estimate of drug-likeness (QED) is 0.254. The van der Waals surface area contributed by atoms with Crippen LogP contribution in [0.5, 0.6) is 0 Å². The molecule has 0 N–H and O–H groups in total. The molecule has 0 saturated heterocycles. The average Bonchev–Trinajstić information content (AvgIpc) is 2.53. The van der Waals surface area contributed by atoms with Gasteiger partial charge in [0.05, 0.1) is 10.7 Å². The zero-order valence-corrected chi connectivity index (χ0v) is 17.0. The van der Waals surface area contributed by atoms with Gasteiger partial charge in [-0.05, 0) is 87.8 Å². The standard InChI is InChI=1S/C22H32N2S/c1-14-7-8-18-20-17(9-10-22(18,5)23-6)15(2)11-16(19(14)20)12-21(3,4)24-13-25/h15-20H,1,7-12H2,2-5H3/t15-,16-,17+,18-,19-,20+,22-/m0/s1. The summed E-state index contributed by atoms with van der Waals surface area (Å²) in [6, 6.07) is 0. The van der Waals surface area contributed by atoms with Crippen molar-refractivity contribution < 1.29 is 0 Å². The number of thiocarbonyl (C=S) groups is 1. The van der Waals surface area contributed by atoms with Gasteiger partial charge in [0.15, 0.2) is 0 Å². The molecule has 0 aromatic rings. The molecule has 3 rings (SSSR count). The normalized spacial score (nSPS) is 43.6. The van der Waals surface area contributed by atoms with Gasteiger partial charge in [-0.25, -0.2) is 11.6 Å². The lowest BCUT2D eigenvalue weighted by Crippen LogP contribution is -2.55. The first-order chi connectivity index (χ1) is 11.7. The topological polar surface area (TPSA) is 16.7 Å². The highest BCUT2D eigenvalue weighted by Crippen LogP contribution is 2.61. The van der Waals surface area contributed by atoms with Gasteiger partial charge < -0.3 is 4.85 Å². The zero-order chi connectivity index (χ0) is 18.4. The van der Waals surface area contributed by atoms with Crippen LogP contribution < -0.4 is 0 Å². The van der Waals surface area contributed by atoms with E-state index in [2.05, 4.69) is 49.3 Å². The van der Waals surface area contributed by atoms with Gasteiger partial charge in [-0.2, -0.15) is 0 Å². The lowest BCUT2D eigenvalue weighted by molar-refractivity contribution is -0.0543. The van der Waals surface area contributed by atoms with Gasteiger partial charge in [0.25, 0.3) is 0 Å². The van der Waals surface area contributed by atoms with Crippen molar-refractivity contribution in [1.29, 1.82) is 0 Å². The molecule has 0 radical (unpaired) electrons. The molecule has 0 unspecified atom stereocenters. The summed E-state index contributed by atoms with van der Waals surface area (Å²) < 4.78 is 0. The second-order valence-corrected chi connectivity index (χ2v) is 9.95. The second kappa shape index (κ2) is 6.64. The van der Waals surface area contributed by atoms with Crippen molar-refractivity contribution in [3.05, 3.63) is 23.6 Å². The van der Waals surface area contributed by atoms with E-state index in [4.69, 9.17) is 18.8 Å². The molecule has 0 amide bonds. The third kappa shape index (κ3) is 3.24. The molecule has 3 fully saturated rings. The van der Waals surface area contributed by atoms with Gasteiger partial charge in [-0.1, -0.05) is 19.1 Å². The van der Waals surface area contributed by atoms with Crippen LogP contribution in [0.2, 0.25) is 0 Å². The Bertz CT molecular complexity index is 639. The van der Waals surface area contributed by atoms with Crippen LogP contribution in [-0.2, 0) is 0 Å². The van der Waals surface area contributed by atoms with Crippen LogP contribution in [0.4, 0.5) is 0 Å². The number of isothiocyanates is 1. The van der Waals surface area contributed by atoms with E-state index in [1.165, 1.54) is 18.4 Å². The smallest absolute Gasteiger partial charge is 0.233 e. The number of aliphatic imine (C=N–C) groups is 1. The van der Waals surface area contributed by atoms with Gasteiger partial charge >= 0.3 is 0 Å². The Kier molecular flexibility index (Phi) is 5.00. The Hall–Kier alpha value is -0.970.